The van der Waals surface area contributed by atoms with E-state index in [0.717, 1.165) is 25.4 Å². The Labute approximate surface area is 81.7 Å². The fourth-order valence-electron chi connectivity index (χ4n) is 2.17. The van der Waals surface area contributed by atoms with Crippen molar-refractivity contribution in [3.63, 3.8) is 0 Å². The summed E-state index contributed by atoms with van der Waals surface area (Å²) >= 11 is 0. The van der Waals surface area contributed by atoms with Crippen molar-refractivity contribution in [2.24, 2.45) is 17.8 Å². The summed E-state index contributed by atoms with van der Waals surface area (Å²) in [4.78, 5) is 0. The van der Waals surface area contributed by atoms with E-state index in [1.165, 1.54) is 6.42 Å². The lowest BCUT2D eigenvalue weighted by atomic mass is 9.85. The van der Waals surface area contributed by atoms with Gasteiger partial charge in [0.2, 0.25) is 0 Å². The molecular weight excluding hydrogens is 162 g/mol. The van der Waals surface area contributed by atoms with Gasteiger partial charge >= 0.3 is 0 Å². The van der Waals surface area contributed by atoms with Crippen LogP contribution in [-0.4, -0.2) is 24.3 Å². The number of aliphatic hydroxyl groups excluding tert-OH is 1. The van der Waals surface area contributed by atoms with Crippen LogP contribution in [0.4, 0.5) is 0 Å². The van der Waals surface area contributed by atoms with Crippen molar-refractivity contribution in [3.8, 4) is 0 Å². The van der Waals surface area contributed by atoms with Gasteiger partial charge in [0.1, 0.15) is 0 Å². The minimum absolute atomic E-state index is 0.102. The number of hydrogen-bond donors (Lipinski definition) is 2. The van der Waals surface area contributed by atoms with Crippen molar-refractivity contribution in [1.82, 2.24) is 5.32 Å². The van der Waals surface area contributed by atoms with Crippen LogP contribution in [0.5, 0.6) is 0 Å². The first-order valence-corrected chi connectivity index (χ1v) is 5.48. The summed E-state index contributed by atoms with van der Waals surface area (Å²) in [6, 6.07) is 0. The van der Waals surface area contributed by atoms with Gasteiger partial charge in [0.05, 0.1) is 6.10 Å². The second-order valence-corrected chi connectivity index (χ2v) is 4.96. The van der Waals surface area contributed by atoms with Gasteiger partial charge < -0.3 is 10.4 Å². The van der Waals surface area contributed by atoms with E-state index in [2.05, 4.69) is 26.1 Å². The van der Waals surface area contributed by atoms with E-state index >= 15 is 0 Å². The fraction of sp³-hybridized carbons (Fsp3) is 1.00. The molecule has 13 heavy (non-hydrogen) atoms. The molecule has 2 nitrogen and oxygen atoms in total. The summed E-state index contributed by atoms with van der Waals surface area (Å²) in [6.07, 6.45) is 2.02. The van der Waals surface area contributed by atoms with E-state index in [0.29, 0.717) is 11.8 Å². The number of piperidine rings is 1. The Kier molecular flexibility index (Phi) is 4.20. The lowest BCUT2D eigenvalue weighted by molar-refractivity contribution is 0.0626. The van der Waals surface area contributed by atoms with Crippen molar-refractivity contribution < 1.29 is 5.11 Å². The minimum atomic E-state index is -0.102. The Morgan fingerprint density at radius 3 is 2.62 bits per heavy atom. The van der Waals surface area contributed by atoms with Gasteiger partial charge in [-0.2, -0.15) is 0 Å². The van der Waals surface area contributed by atoms with Crippen LogP contribution < -0.4 is 5.32 Å². The third kappa shape index (κ3) is 3.65. The summed E-state index contributed by atoms with van der Waals surface area (Å²) < 4.78 is 0. The van der Waals surface area contributed by atoms with Crippen LogP contribution in [0.3, 0.4) is 0 Å². The number of hydrogen-bond acceptors (Lipinski definition) is 2. The van der Waals surface area contributed by atoms with Gasteiger partial charge in [-0.25, -0.2) is 0 Å². The Hall–Kier alpha value is -0.0800. The number of aliphatic hydroxyl groups is 1. The predicted octanol–water partition coefficient (Wildman–Crippen LogP) is 1.64. The van der Waals surface area contributed by atoms with E-state index in [9.17, 15) is 5.11 Å². The molecule has 1 rings (SSSR count). The van der Waals surface area contributed by atoms with Gasteiger partial charge in [0.25, 0.3) is 0 Å². The SMILES string of the molecule is CC(C)CC(O)C1CNCC(C)C1. The molecule has 2 heteroatoms. The molecule has 0 aliphatic carbocycles. The van der Waals surface area contributed by atoms with Crippen LogP contribution in [0.25, 0.3) is 0 Å². The quantitative estimate of drug-likeness (QED) is 0.700. The molecule has 1 aliphatic heterocycles. The average Bonchev–Trinajstić information content (AvgIpc) is 2.03. The van der Waals surface area contributed by atoms with Gasteiger partial charge in [-0.1, -0.05) is 20.8 Å². The first-order valence-electron chi connectivity index (χ1n) is 5.48. The largest absolute Gasteiger partial charge is 0.393 e. The third-order valence-corrected chi connectivity index (χ3v) is 2.86. The zero-order valence-corrected chi connectivity index (χ0v) is 9.09. The molecule has 3 unspecified atom stereocenters. The molecular formula is C11H23NO. The standard InChI is InChI=1S/C11H23NO/c1-8(2)4-11(13)10-5-9(3)6-12-7-10/h8-13H,4-7H2,1-3H3. The molecule has 0 saturated carbocycles. The normalized spacial score (nSPS) is 32.1. The van der Waals surface area contributed by atoms with Gasteiger partial charge in [-0.05, 0) is 37.1 Å². The maximum atomic E-state index is 9.92. The molecule has 0 aromatic heterocycles. The van der Waals surface area contributed by atoms with Crippen molar-refractivity contribution in [2.45, 2.75) is 39.7 Å². The summed E-state index contributed by atoms with van der Waals surface area (Å²) in [5.74, 6) is 1.80. The molecule has 2 N–H and O–H groups in total. The summed E-state index contributed by atoms with van der Waals surface area (Å²) in [7, 11) is 0. The molecule has 0 bridgehead atoms. The van der Waals surface area contributed by atoms with E-state index in [4.69, 9.17) is 0 Å². The lowest BCUT2D eigenvalue weighted by Crippen LogP contribution is -2.40. The Bertz CT molecular complexity index is 147. The second-order valence-electron chi connectivity index (χ2n) is 4.96. The first kappa shape index (κ1) is 11.0. The molecule has 0 radical (unpaired) electrons. The third-order valence-electron chi connectivity index (χ3n) is 2.86. The van der Waals surface area contributed by atoms with Crippen LogP contribution in [0, 0.1) is 17.8 Å². The minimum Gasteiger partial charge on any atom is -0.393 e. The van der Waals surface area contributed by atoms with Crippen molar-refractivity contribution in [2.75, 3.05) is 13.1 Å². The first-order chi connectivity index (χ1) is 6.09. The van der Waals surface area contributed by atoms with Crippen molar-refractivity contribution in [3.05, 3.63) is 0 Å². The molecule has 0 amide bonds. The average molecular weight is 185 g/mol. The van der Waals surface area contributed by atoms with E-state index in [1.807, 2.05) is 0 Å². The number of nitrogens with one attached hydrogen (secondary N) is 1. The molecule has 1 saturated heterocycles. The molecule has 0 aromatic carbocycles. The highest BCUT2D eigenvalue weighted by Gasteiger charge is 2.25. The summed E-state index contributed by atoms with van der Waals surface area (Å²) in [6.45, 7) is 8.70. The Morgan fingerprint density at radius 2 is 2.08 bits per heavy atom. The van der Waals surface area contributed by atoms with Crippen LogP contribution in [-0.2, 0) is 0 Å². The van der Waals surface area contributed by atoms with E-state index in [-0.39, 0.29) is 6.10 Å². The molecule has 0 aromatic rings. The lowest BCUT2D eigenvalue weighted by Gasteiger charge is -2.31. The van der Waals surface area contributed by atoms with Crippen LogP contribution in [0.2, 0.25) is 0 Å². The smallest absolute Gasteiger partial charge is 0.0583 e. The Balaban J connectivity index is 2.32. The molecule has 1 aliphatic rings. The van der Waals surface area contributed by atoms with Crippen LogP contribution in [0.15, 0.2) is 0 Å². The molecule has 0 spiro atoms. The summed E-state index contributed by atoms with van der Waals surface area (Å²) in [5.41, 5.74) is 0. The van der Waals surface area contributed by atoms with Crippen molar-refractivity contribution in [1.29, 1.82) is 0 Å². The number of rotatable bonds is 3. The van der Waals surface area contributed by atoms with Gasteiger partial charge in [-0.3, -0.25) is 0 Å². The zero-order valence-electron chi connectivity index (χ0n) is 9.09. The van der Waals surface area contributed by atoms with Gasteiger partial charge in [0.15, 0.2) is 0 Å². The highest BCUT2D eigenvalue weighted by atomic mass is 16.3. The molecule has 1 fully saturated rings. The fourth-order valence-corrected chi connectivity index (χ4v) is 2.17. The zero-order chi connectivity index (χ0) is 9.84. The van der Waals surface area contributed by atoms with E-state index < -0.39 is 0 Å². The van der Waals surface area contributed by atoms with Crippen LogP contribution >= 0.6 is 0 Å². The predicted molar refractivity (Wildman–Crippen MR) is 55.6 cm³/mol. The highest BCUT2D eigenvalue weighted by Crippen LogP contribution is 2.22. The molecule has 78 valence electrons. The highest BCUT2D eigenvalue weighted by molar-refractivity contribution is 4.79. The van der Waals surface area contributed by atoms with Crippen LogP contribution in [0.1, 0.15) is 33.6 Å². The second kappa shape index (κ2) is 4.97. The van der Waals surface area contributed by atoms with Gasteiger partial charge in [-0.15, -0.1) is 0 Å². The summed E-state index contributed by atoms with van der Waals surface area (Å²) in [5, 5.41) is 13.3. The maximum absolute atomic E-state index is 9.92. The monoisotopic (exact) mass is 185 g/mol. The van der Waals surface area contributed by atoms with Gasteiger partial charge in [0, 0.05) is 6.54 Å². The molecule has 3 atom stereocenters. The molecule has 1 heterocycles. The topological polar surface area (TPSA) is 32.3 Å². The van der Waals surface area contributed by atoms with Crippen molar-refractivity contribution >= 4 is 0 Å². The van der Waals surface area contributed by atoms with E-state index in [1.54, 1.807) is 0 Å². The Morgan fingerprint density at radius 1 is 1.38 bits per heavy atom. The maximum Gasteiger partial charge on any atom is 0.0583 e.